The summed E-state index contributed by atoms with van der Waals surface area (Å²) in [5, 5.41) is 4.03. The van der Waals surface area contributed by atoms with Crippen molar-refractivity contribution in [1.29, 1.82) is 0 Å². The van der Waals surface area contributed by atoms with Crippen molar-refractivity contribution in [1.82, 2.24) is 10.4 Å². The van der Waals surface area contributed by atoms with Crippen LogP contribution in [0.1, 0.15) is 34.3 Å². The maximum atomic E-state index is 11.9. The molecule has 0 unspecified atom stereocenters. The molecule has 5 nitrogen and oxygen atoms in total. The summed E-state index contributed by atoms with van der Waals surface area (Å²) in [6, 6.07) is 9.56. The molecule has 0 aliphatic carbocycles. The lowest BCUT2D eigenvalue weighted by molar-refractivity contribution is 0.0955. The lowest BCUT2D eigenvalue weighted by Gasteiger charge is -2.20. The van der Waals surface area contributed by atoms with Crippen molar-refractivity contribution in [2.75, 3.05) is 18.0 Å². The summed E-state index contributed by atoms with van der Waals surface area (Å²) in [5.41, 5.74) is 6.57. The highest BCUT2D eigenvalue weighted by atomic mass is 16.2. The SMILES string of the molecule is Cc1cc(/C=N\NC(=O)c2ccncc2)ccc1N1CCCC1. The minimum absolute atomic E-state index is 0.242. The van der Waals surface area contributed by atoms with E-state index in [4.69, 9.17) is 0 Å². The van der Waals surface area contributed by atoms with Gasteiger partial charge >= 0.3 is 0 Å². The first kappa shape index (κ1) is 15.2. The average Bonchev–Trinajstić information content (AvgIpc) is 3.10. The second kappa shape index (κ2) is 7.05. The Morgan fingerprint density at radius 1 is 1.22 bits per heavy atom. The van der Waals surface area contributed by atoms with Crippen LogP contribution in [-0.4, -0.2) is 30.2 Å². The van der Waals surface area contributed by atoms with Gasteiger partial charge in [-0.2, -0.15) is 5.10 Å². The average molecular weight is 308 g/mol. The second-order valence-corrected chi connectivity index (χ2v) is 5.68. The van der Waals surface area contributed by atoms with Crippen LogP contribution >= 0.6 is 0 Å². The van der Waals surface area contributed by atoms with Gasteiger partial charge in [0.25, 0.3) is 5.91 Å². The molecular formula is C18H20N4O. The first-order chi connectivity index (χ1) is 11.2. The van der Waals surface area contributed by atoms with E-state index in [1.807, 2.05) is 6.07 Å². The molecule has 1 aromatic heterocycles. The molecular weight excluding hydrogens is 288 g/mol. The molecule has 1 aliphatic heterocycles. The number of amides is 1. The zero-order valence-electron chi connectivity index (χ0n) is 13.2. The van der Waals surface area contributed by atoms with Crippen molar-refractivity contribution in [2.45, 2.75) is 19.8 Å². The number of nitrogens with one attached hydrogen (secondary N) is 1. The van der Waals surface area contributed by atoms with Crippen molar-refractivity contribution in [3.63, 3.8) is 0 Å². The number of aryl methyl sites for hydroxylation is 1. The van der Waals surface area contributed by atoms with Crippen molar-refractivity contribution in [3.8, 4) is 0 Å². The van der Waals surface area contributed by atoms with Gasteiger partial charge in [-0.3, -0.25) is 9.78 Å². The van der Waals surface area contributed by atoms with Crippen LogP contribution in [0.25, 0.3) is 0 Å². The lowest BCUT2D eigenvalue weighted by Crippen LogP contribution is -2.19. The molecule has 23 heavy (non-hydrogen) atoms. The van der Waals surface area contributed by atoms with Gasteiger partial charge in [-0.15, -0.1) is 0 Å². The monoisotopic (exact) mass is 308 g/mol. The van der Waals surface area contributed by atoms with Gasteiger partial charge in [0.15, 0.2) is 0 Å². The number of aromatic nitrogens is 1. The first-order valence-corrected chi connectivity index (χ1v) is 7.83. The quantitative estimate of drug-likeness (QED) is 0.698. The van der Waals surface area contributed by atoms with Crippen LogP contribution in [0.2, 0.25) is 0 Å². The molecule has 2 heterocycles. The highest BCUT2D eigenvalue weighted by Crippen LogP contribution is 2.24. The molecule has 3 rings (SSSR count). The molecule has 0 bridgehead atoms. The summed E-state index contributed by atoms with van der Waals surface area (Å²) in [4.78, 5) is 18.2. The van der Waals surface area contributed by atoms with Gasteiger partial charge in [-0.05, 0) is 55.2 Å². The van der Waals surface area contributed by atoms with E-state index in [0.717, 1.165) is 18.7 Å². The van der Waals surface area contributed by atoms with Crippen molar-refractivity contribution >= 4 is 17.8 Å². The number of carbonyl (C=O) groups excluding carboxylic acids is 1. The van der Waals surface area contributed by atoms with E-state index in [9.17, 15) is 4.79 Å². The van der Waals surface area contributed by atoms with Gasteiger partial charge in [-0.25, -0.2) is 5.43 Å². The Labute approximate surface area is 136 Å². The second-order valence-electron chi connectivity index (χ2n) is 5.68. The fourth-order valence-electron chi connectivity index (χ4n) is 2.81. The zero-order valence-corrected chi connectivity index (χ0v) is 13.2. The fraction of sp³-hybridized carbons (Fsp3) is 0.278. The summed E-state index contributed by atoms with van der Waals surface area (Å²) in [7, 11) is 0. The Morgan fingerprint density at radius 3 is 2.65 bits per heavy atom. The Morgan fingerprint density at radius 2 is 1.96 bits per heavy atom. The van der Waals surface area contributed by atoms with Crippen LogP contribution in [0.5, 0.6) is 0 Å². The lowest BCUT2D eigenvalue weighted by atomic mass is 10.1. The molecule has 0 saturated carbocycles. The fourth-order valence-corrected chi connectivity index (χ4v) is 2.81. The molecule has 0 radical (unpaired) electrons. The number of anilines is 1. The molecule has 1 fully saturated rings. The van der Waals surface area contributed by atoms with Crippen molar-refractivity contribution in [2.24, 2.45) is 5.10 Å². The summed E-state index contributed by atoms with van der Waals surface area (Å²) in [6.07, 6.45) is 7.37. The molecule has 118 valence electrons. The molecule has 1 aromatic carbocycles. The summed E-state index contributed by atoms with van der Waals surface area (Å²) < 4.78 is 0. The summed E-state index contributed by atoms with van der Waals surface area (Å²) in [6.45, 7) is 4.38. The largest absolute Gasteiger partial charge is 0.371 e. The van der Waals surface area contributed by atoms with E-state index in [-0.39, 0.29) is 5.91 Å². The van der Waals surface area contributed by atoms with E-state index in [1.165, 1.54) is 24.1 Å². The number of hydrazone groups is 1. The Hall–Kier alpha value is -2.69. The third-order valence-electron chi connectivity index (χ3n) is 3.99. The van der Waals surface area contributed by atoms with E-state index in [0.29, 0.717) is 5.56 Å². The van der Waals surface area contributed by atoms with Crippen LogP contribution in [0.4, 0.5) is 5.69 Å². The first-order valence-electron chi connectivity index (χ1n) is 7.83. The van der Waals surface area contributed by atoms with Gasteiger partial charge in [0.2, 0.25) is 0 Å². The van der Waals surface area contributed by atoms with Crippen LogP contribution in [0.15, 0.2) is 47.8 Å². The number of nitrogens with zero attached hydrogens (tertiary/aromatic N) is 3. The Balaban J connectivity index is 1.63. The molecule has 1 N–H and O–H groups in total. The topological polar surface area (TPSA) is 57.6 Å². The normalized spacial score (nSPS) is 14.4. The minimum Gasteiger partial charge on any atom is -0.371 e. The van der Waals surface area contributed by atoms with Crippen LogP contribution < -0.4 is 10.3 Å². The molecule has 5 heteroatoms. The third-order valence-corrected chi connectivity index (χ3v) is 3.99. The van der Waals surface area contributed by atoms with Gasteiger partial charge in [-0.1, -0.05) is 6.07 Å². The summed E-state index contributed by atoms with van der Waals surface area (Å²) in [5.74, 6) is -0.242. The molecule has 1 aliphatic rings. The number of pyridine rings is 1. The molecule has 0 spiro atoms. The molecule has 1 saturated heterocycles. The molecule has 0 atom stereocenters. The zero-order chi connectivity index (χ0) is 16.1. The molecule has 1 amide bonds. The van der Waals surface area contributed by atoms with Gasteiger partial charge < -0.3 is 4.90 Å². The third kappa shape index (κ3) is 3.74. The predicted molar refractivity (Wildman–Crippen MR) is 91.9 cm³/mol. The Bertz CT molecular complexity index is 706. The van der Waals surface area contributed by atoms with Gasteiger partial charge in [0, 0.05) is 36.7 Å². The number of benzene rings is 1. The van der Waals surface area contributed by atoms with Crippen molar-refractivity contribution in [3.05, 3.63) is 59.4 Å². The number of hydrogen-bond donors (Lipinski definition) is 1. The van der Waals surface area contributed by atoms with Crippen LogP contribution in [-0.2, 0) is 0 Å². The van der Waals surface area contributed by atoms with E-state index < -0.39 is 0 Å². The maximum Gasteiger partial charge on any atom is 0.271 e. The standard InChI is InChI=1S/C18H20N4O/c1-14-12-15(4-5-17(14)22-10-2-3-11-22)13-20-21-18(23)16-6-8-19-9-7-16/h4-9,12-13H,2-3,10-11H2,1H3,(H,21,23)/b20-13-. The Kier molecular flexibility index (Phi) is 4.66. The van der Waals surface area contributed by atoms with Crippen LogP contribution in [0, 0.1) is 6.92 Å². The minimum atomic E-state index is -0.242. The number of rotatable bonds is 4. The van der Waals surface area contributed by atoms with Gasteiger partial charge in [0.05, 0.1) is 6.21 Å². The maximum absolute atomic E-state index is 11.9. The van der Waals surface area contributed by atoms with Crippen LogP contribution in [0.3, 0.4) is 0 Å². The highest BCUT2D eigenvalue weighted by Gasteiger charge is 2.13. The highest BCUT2D eigenvalue weighted by molar-refractivity contribution is 5.94. The number of carbonyl (C=O) groups is 1. The van der Waals surface area contributed by atoms with Crippen molar-refractivity contribution < 1.29 is 4.79 Å². The summed E-state index contributed by atoms with van der Waals surface area (Å²) >= 11 is 0. The van der Waals surface area contributed by atoms with E-state index in [2.05, 4.69) is 39.5 Å². The number of hydrogen-bond acceptors (Lipinski definition) is 4. The smallest absolute Gasteiger partial charge is 0.271 e. The van der Waals surface area contributed by atoms with E-state index in [1.54, 1.807) is 30.7 Å². The molecule has 2 aromatic rings. The van der Waals surface area contributed by atoms with E-state index >= 15 is 0 Å². The van der Waals surface area contributed by atoms with Gasteiger partial charge in [0.1, 0.15) is 0 Å². The predicted octanol–water partition coefficient (Wildman–Crippen LogP) is 2.75.